The molecule has 0 saturated heterocycles. The van der Waals surface area contributed by atoms with Crippen molar-refractivity contribution in [2.45, 2.75) is 362 Å². The van der Waals surface area contributed by atoms with Crippen LogP contribution in [0.2, 0.25) is 0 Å². The van der Waals surface area contributed by atoms with Crippen molar-refractivity contribution < 1.29 is 30.5 Å². The maximum Gasteiger partial charge on any atom is 0.130 e. The molecule has 18 rings (SSSR count). The smallest absolute Gasteiger partial charge is 0.130 e. The molecular formula is C123H166NO2P4Pt-3. The van der Waals surface area contributed by atoms with Crippen molar-refractivity contribution in [3.8, 4) is 67.1 Å². The molecule has 0 heterocycles. The predicted octanol–water partition coefficient (Wildman–Crippen LogP) is 35.9. The second kappa shape index (κ2) is 58.6. The van der Waals surface area contributed by atoms with Crippen LogP contribution in [-0.2, 0) is 21.1 Å². The van der Waals surface area contributed by atoms with E-state index in [1.165, 1.54) is 331 Å². The number of methoxy groups -OCH3 is 2. The van der Waals surface area contributed by atoms with Gasteiger partial charge in [-0.25, -0.2) is 0 Å². The molecule has 0 atom stereocenters. The van der Waals surface area contributed by atoms with Crippen LogP contribution in [0.1, 0.15) is 313 Å². The molecule has 3 nitrogen and oxygen atoms in total. The third-order valence-corrected chi connectivity index (χ3v) is 43.6. The summed E-state index contributed by atoms with van der Waals surface area (Å²) in [6, 6.07) is 90.0. The summed E-state index contributed by atoms with van der Waals surface area (Å²) in [5.41, 5.74) is 26.9. The summed E-state index contributed by atoms with van der Waals surface area (Å²) in [5.74, 6) is 1.83. The van der Waals surface area contributed by atoms with Crippen molar-refractivity contribution in [3.63, 3.8) is 0 Å². The zero-order valence-corrected chi connectivity index (χ0v) is 88.4. The Hall–Kier alpha value is -5.99. The van der Waals surface area contributed by atoms with E-state index >= 15 is 0 Å². The van der Waals surface area contributed by atoms with Crippen molar-refractivity contribution in [3.05, 3.63) is 273 Å². The average Bonchev–Trinajstić information content (AvgIpc) is 0.603. The number of anilines is 1. The maximum atomic E-state index is 5.80. The van der Waals surface area contributed by atoms with Crippen LogP contribution in [0, 0.1) is 40.7 Å². The monoisotopic (exact) mass is 2010 g/mol. The molecule has 0 amide bonds. The largest absolute Gasteiger partial charge is 0.496 e. The molecule has 8 aliphatic rings. The number of hydrogen-bond acceptors (Lipinski definition) is 3. The van der Waals surface area contributed by atoms with Crippen LogP contribution in [0.25, 0.3) is 55.6 Å². The van der Waals surface area contributed by atoms with Gasteiger partial charge in [0.15, 0.2) is 0 Å². The summed E-state index contributed by atoms with van der Waals surface area (Å²) in [4.78, 5) is 2.27. The summed E-state index contributed by atoms with van der Waals surface area (Å²) < 4.78 is 11.6. The van der Waals surface area contributed by atoms with E-state index in [1.54, 1.807) is 41.0 Å². The fourth-order valence-electron chi connectivity index (χ4n) is 23.0. The zero-order chi connectivity index (χ0) is 90.9. The summed E-state index contributed by atoms with van der Waals surface area (Å²) in [7, 11) is 7.51. The number of aryl methyl sites for hydroxylation is 3. The molecule has 131 heavy (non-hydrogen) atoms. The van der Waals surface area contributed by atoms with Crippen LogP contribution >= 0.6 is 31.7 Å². The van der Waals surface area contributed by atoms with Crippen LogP contribution < -0.4 is 35.6 Å². The molecule has 0 unspecified atom stereocenters. The minimum Gasteiger partial charge on any atom is -0.496 e. The third kappa shape index (κ3) is 30.8. The third-order valence-electron chi connectivity index (χ3n) is 29.4. The minimum absolute atomic E-state index is 0. The SMILES string of the molecule is CN(C)c1ccccc1-c1ccccc1P(C1CCCCC1)C1CCCCC1.COc1cccc(OC)c1-c1ccccc1P(C1CCCCC1)C1CCCCC1.Cc1cc(C)c(-c2ccccc2P(C2CCCCC2)C2CCCCC2)c(C)c1.[CH2-]CCC.[CH2-]CCC.[Pt].[c-]1ccccc1-c1ccccc1.c1ccc(-c2ccccc2P(C2CCCCC2)C2CCCCC2)cc1. The Bertz CT molecular complexity index is 4630. The topological polar surface area (TPSA) is 21.7 Å². The number of hydrogen-bond donors (Lipinski definition) is 0. The number of unbranched alkanes of at least 4 members (excludes halogenated alkanes) is 2. The average molecular weight is 2010 g/mol. The Morgan fingerprint density at radius 1 is 0.298 bits per heavy atom. The summed E-state index contributed by atoms with van der Waals surface area (Å²) in [6.45, 7) is 18.3. The Labute approximate surface area is 818 Å². The molecular weight excluding hydrogens is 1840 g/mol. The molecule has 0 aliphatic heterocycles. The second-order valence-electron chi connectivity index (χ2n) is 39.0. The van der Waals surface area contributed by atoms with Gasteiger partial charge in [-0.15, -0.1) is 35.9 Å². The molecule has 8 heteroatoms. The molecule has 8 aliphatic carbocycles. The van der Waals surface area contributed by atoms with Gasteiger partial charge in [-0.3, -0.25) is 0 Å². The molecule has 8 fully saturated rings. The van der Waals surface area contributed by atoms with E-state index in [-0.39, 0.29) is 52.8 Å². The summed E-state index contributed by atoms with van der Waals surface area (Å²) in [5, 5.41) is 6.73. The Kier molecular flexibility index (Phi) is 47.1. The first kappa shape index (κ1) is 105. The molecule has 8 saturated carbocycles. The van der Waals surface area contributed by atoms with Gasteiger partial charge in [0.25, 0.3) is 0 Å². The minimum atomic E-state index is -0.182. The van der Waals surface area contributed by atoms with E-state index in [9.17, 15) is 0 Å². The fourth-order valence-corrected chi connectivity index (χ4v) is 38.8. The Morgan fingerprint density at radius 2 is 0.565 bits per heavy atom. The molecule has 10 aromatic rings. The van der Waals surface area contributed by atoms with Crippen molar-refractivity contribution in [2.75, 3.05) is 33.2 Å². The van der Waals surface area contributed by atoms with Gasteiger partial charge in [0.2, 0.25) is 0 Å². The zero-order valence-electron chi connectivity index (χ0n) is 82.5. The van der Waals surface area contributed by atoms with Gasteiger partial charge >= 0.3 is 0 Å². The quantitative estimate of drug-likeness (QED) is 0.0499. The molecule has 708 valence electrons. The van der Waals surface area contributed by atoms with Gasteiger partial charge < -0.3 is 28.2 Å². The first-order chi connectivity index (χ1) is 64.0. The normalized spacial score (nSPS) is 17.5. The van der Waals surface area contributed by atoms with E-state index in [2.05, 4.69) is 268 Å². The molecule has 0 N–H and O–H groups in total. The fraction of sp³-hybridized carbons (Fsp3) is 0.496. The summed E-state index contributed by atoms with van der Waals surface area (Å²) >= 11 is 0. The van der Waals surface area contributed by atoms with E-state index in [0.717, 1.165) is 80.7 Å². The summed E-state index contributed by atoms with van der Waals surface area (Å²) in [6.07, 6.45) is 62.6. The van der Waals surface area contributed by atoms with E-state index in [1.807, 2.05) is 42.5 Å². The van der Waals surface area contributed by atoms with Crippen LogP contribution in [-0.4, -0.2) is 73.6 Å². The Morgan fingerprint density at radius 3 is 0.878 bits per heavy atom. The first-order valence-electron chi connectivity index (χ1n) is 52.2. The molecule has 0 spiro atoms. The second-order valence-corrected chi connectivity index (χ2v) is 50.0. The molecule has 0 bridgehead atoms. The van der Waals surface area contributed by atoms with E-state index < -0.39 is 0 Å². The van der Waals surface area contributed by atoms with E-state index in [4.69, 9.17) is 9.47 Å². The van der Waals surface area contributed by atoms with E-state index in [0.29, 0.717) is 0 Å². The van der Waals surface area contributed by atoms with Gasteiger partial charge in [-0.1, -0.05) is 418 Å². The standard InChI is InChI=1S/C27H37P.C26H36NP.C26H35O2P.C24H31P.C12H9.2C4H9.Pt/c1-20-18-21(2)27(22(3)19-20)25-16-10-11-17-26(25)28(23-12-6-4-7-13-23)24-14-8-5-9-15-24;1-27(2)25-19-11-9-17-23(25)24-18-10-12-20-26(24)28(21-13-5-3-6-14-21)22-15-7-4-8-16-22;1-27-23-17-11-18-24(28-2)26(23)22-16-9-10-19-25(22)29(20-12-5-3-6-13-20)21-14-7-4-8-15-21;1-4-12-20(13-5-1)23-18-10-11-19-24(23)25(21-14-6-2-7-15-21)22-16-8-3-9-17-22;1-3-7-11(8-4-1)12-9-5-2-6-10-12;2*1-3-4-2;/h10-11,16-19,23-24H,4-9,12-15H2,1-3H3;9-12,17-22H,3-8,13-16H2,1-2H3;9-11,16-21H,3-8,12-15H2,1-2H3;1,4-5,10-13,18-19,21-22H,2-3,6-9,14-17H2;1-9H;2*1,3-4H2,2H3;/q;;;;3*-1;. The van der Waals surface area contributed by atoms with Gasteiger partial charge in [-0.2, -0.15) is 12.8 Å². The number of benzene rings is 10. The predicted molar refractivity (Wildman–Crippen MR) is 582 cm³/mol. The van der Waals surface area contributed by atoms with Gasteiger partial charge in [0, 0.05) is 46.4 Å². The number of para-hydroxylation sites is 1. The van der Waals surface area contributed by atoms with Crippen molar-refractivity contribution in [2.24, 2.45) is 0 Å². The molecule has 0 radical (unpaired) electrons. The number of ether oxygens (including phenoxy) is 2. The number of nitrogens with zero attached hydrogens (tertiary/aromatic N) is 1. The number of rotatable bonds is 22. The Balaban J connectivity index is 0.000000157. The van der Waals surface area contributed by atoms with Gasteiger partial charge in [0.1, 0.15) is 11.5 Å². The van der Waals surface area contributed by atoms with Crippen LogP contribution in [0.15, 0.2) is 237 Å². The van der Waals surface area contributed by atoms with Crippen molar-refractivity contribution in [1.82, 2.24) is 0 Å². The molecule has 0 aromatic heterocycles. The van der Waals surface area contributed by atoms with Crippen LogP contribution in [0.3, 0.4) is 0 Å². The van der Waals surface area contributed by atoms with Crippen LogP contribution in [0.4, 0.5) is 5.69 Å². The van der Waals surface area contributed by atoms with Crippen molar-refractivity contribution >= 4 is 58.6 Å². The van der Waals surface area contributed by atoms with Gasteiger partial charge in [-0.05, 0) is 253 Å². The first-order valence-corrected chi connectivity index (χ1v) is 58.1. The van der Waals surface area contributed by atoms with Crippen molar-refractivity contribution in [1.29, 1.82) is 0 Å². The van der Waals surface area contributed by atoms with Gasteiger partial charge in [0.05, 0.1) is 19.8 Å². The van der Waals surface area contributed by atoms with Crippen LogP contribution in [0.5, 0.6) is 11.5 Å². The maximum absolute atomic E-state index is 5.80. The molecule has 10 aromatic carbocycles.